The van der Waals surface area contributed by atoms with E-state index in [9.17, 15) is 4.79 Å². The van der Waals surface area contributed by atoms with E-state index in [0.29, 0.717) is 5.92 Å². The second-order valence-corrected chi connectivity index (χ2v) is 6.61. The van der Waals surface area contributed by atoms with Gasteiger partial charge in [0, 0.05) is 12.8 Å². The molecule has 19 heavy (non-hydrogen) atoms. The molecule has 1 aliphatic carbocycles. The molecule has 1 saturated carbocycles. The molecule has 0 bridgehead atoms. The average Bonchev–Trinajstić information content (AvgIpc) is 2.26. The molecule has 4 atom stereocenters. The van der Waals surface area contributed by atoms with Crippen molar-refractivity contribution in [3.8, 4) is 0 Å². The lowest BCUT2D eigenvalue weighted by Gasteiger charge is -2.37. The van der Waals surface area contributed by atoms with E-state index in [2.05, 4.69) is 6.92 Å². The minimum atomic E-state index is -0.761. The fourth-order valence-corrected chi connectivity index (χ4v) is 3.49. The molecule has 2 rings (SSSR count). The molecule has 4 unspecified atom stereocenters. The predicted molar refractivity (Wildman–Crippen MR) is 73.7 cm³/mol. The first-order valence-corrected chi connectivity index (χ1v) is 7.54. The molecule has 110 valence electrons. The molecular formula is C15H27NO3. The first-order chi connectivity index (χ1) is 8.89. The first kappa shape index (κ1) is 14.8. The molecule has 0 aromatic heterocycles. The van der Waals surface area contributed by atoms with Crippen LogP contribution in [0.2, 0.25) is 0 Å². The summed E-state index contributed by atoms with van der Waals surface area (Å²) in [5, 5.41) is 0. The molecule has 2 fully saturated rings. The van der Waals surface area contributed by atoms with Crippen molar-refractivity contribution in [2.45, 2.75) is 83.1 Å². The van der Waals surface area contributed by atoms with Crippen LogP contribution in [0.15, 0.2) is 0 Å². The lowest BCUT2D eigenvalue weighted by atomic mass is 9.77. The summed E-state index contributed by atoms with van der Waals surface area (Å²) in [5.74, 6) is 0.309. The number of hydrogen-bond donors (Lipinski definition) is 1. The Balaban J connectivity index is 1.92. The maximum atomic E-state index is 12.4. The first-order valence-electron chi connectivity index (χ1n) is 7.54. The van der Waals surface area contributed by atoms with Gasteiger partial charge in [-0.2, -0.15) is 0 Å². The molecule has 0 radical (unpaired) electrons. The Morgan fingerprint density at radius 2 is 1.89 bits per heavy atom. The molecule has 0 aromatic carbocycles. The highest BCUT2D eigenvalue weighted by Gasteiger charge is 2.41. The lowest BCUT2D eigenvalue weighted by Crippen LogP contribution is -2.53. The van der Waals surface area contributed by atoms with Gasteiger partial charge in [0.15, 0.2) is 0 Å². The summed E-state index contributed by atoms with van der Waals surface area (Å²) in [4.78, 5) is 12.4. The van der Waals surface area contributed by atoms with Crippen molar-refractivity contribution in [2.24, 2.45) is 11.7 Å². The minimum Gasteiger partial charge on any atom is -0.461 e. The van der Waals surface area contributed by atoms with Crippen LogP contribution in [-0.2, 0) is 14.3 Å². The molecule has 1 heterocycles. The molecule has 0 spiro atoms. The standard InChI is InChI=1S/C15H27NO3/c1-10-5-4-6-15(16,9-10)14(17)19-13-7-11(2)18-12(3)8-13/h10-13H,4-9,16H2,1-3H3. The summed E-state index contributed by atoms with van der Waals surface area (Å²) in [6, 6.07) is 0. The van der Waals surface area contributed by atoms with E-state index in [1.54, 1.807) is 0 Å². The van der Waals surface area contributed by atoms with Crippen LogP contribution >= 0.6 is 0 Å². The Morgan fingerprint density at radius 1 is 1.26 bits per heavy atom. The number of carbonyl (C=O) groups is 1. The van der Waals surface area contributed by atoms with Crippen molar-refractivity contribution >= 4 is 5.97 Å². The van der Waals surface area contributed by atoms with Crippen LogP contribution in [0.4, 0.5) is 0 Å². The number of ether oxygens (including phenoxy) is 2. The fourth-order valence-electron chi connectivity index (χ4n) is 3.49. The molecular weight excluding hydrogens is 242 g/mol. The quantitative estimate of drug-likeness (QED) is 0.782. The summed E-state index contributed by atoms with van der Waals surface area (Å²) < 4.78 is 11.3. The van der Waals surface area contributed by atoms with Gasteiger partial charge in [-0.25, -0.2) is 0 Å². The highest BCUT2D eigenvalue weighted by Crippen LogP contribution is 2.32. The van der Waals surface area contributed by atoms with E-state index in [1.807, 2.05) is 13.8 Å². The molecule has 2 aliphatic rings. The van der Waals surface area contributed by atoms with E-state index < -0.39 is 5.54 Å². The Kier molecular flexibility index (Phi) is 4.51. The SMILES string of the molecule is CC1CCCC(N)(C(=O)OC2CC(C)OC(C)C2)C1. The number of hydrogen-bond acceptors (Lipinski definition) is 4. The van der Waals surface area contributed by atoms with Gasteiger partial charge in [0.05, 0.1) is 12.2 Å². The number of nitrogens with two attached hydrogens (primary N) is 1. The maximum Gasteiger partial charge on any atom is 0.326 e. The van der Waals surface area contributed by atoms with Crippen molar-refractivity contribution in [1.29, 1.82) is 0 Å². The molecule has 0 amide bonds. The monoisotopic (exact) mass is 269 g/mol. The van der Waals surface area contributed by atoms with Crippen LogP contribution in [0.3, 0.4) is 0 Å². The fraction of sp³-hybridized carbons (Fsp3) is 0.933. The van der Waals surface area contributed by atoms with Crippen LogP contribution in [0.5, 0.6) is 0 Å². The minimum absolute atomic E-state index is 0.0380. The Morgan fingerprint density at radius 3 is 2.47 bits per heavy atom. The summed E-state index contributed by atoms with van der Waals surface area (Å²) in [6.45, 7) is 6.21. The van der Waals surface area contributed by atoms with Crippen LogP contribution in [0.1, 0.15) is 59.3 Å². The zero-order valence-corrected chi connectivity index (χ0v) is 12.4. The topological polar surface area (TPSA) is 61.6 Å². The zero-order valence-electron chi connectivity index (χ0n) is 12.4. The third kappa shape index (κ3) is 3.69. The summed E-state index contributed by atoms with van der Waals surface area (Å²) in [5.41, 5.74) is 5.51. The van der Waals surface area contributed by atoms with Crippen LogP contribution in [0.25, 0.3) is 0 Å². The van der Waals surface area contributed by atoms with Crippen molar-refractivity contribution in [3.63, 3.8) is 0 Å². The van der Waals surface area contributed by atoms with Crippen LogP contribution in [0, 0.1) is 5.92 Å². The molecule has 2 N–H and O–H groups in total. The van der Waals surface area contributed by atoms with E-state index >= 15 is 0 Å². The Hall–Kier alpha value is -0.610. The molecule has 1 aliphatic heterocycles. The third-order valence-electron chi connectivity index (χ3n) is 4.37. The summed E-state index contributed by atoms with van der Waals surface area (Å²) in [6.07, 6.45) is 5.52. The van der Waals surface area contributed by atoms with Crippen LogP contribution in [-0.4, -0.2) is 29.8 Å². The van der Waals surface area contributed by atoms with E-state index in [-0.39, 0.29) is 24.3 Å². The van der Waals surface area contributed by atoms with Gasteiger partial charge in [0.2, 0.25) is 0 Å². The van der Waals surface area contributed by atoms with E-state index in [1.165, 1.54) is 0 Å². The van der Waals surface area contributed by atoms with Crippen molar-refractivity contribution < 1.29 is 14.3 Å². The van der Waals surface area contributed by atoms with Gasteiger partial charge in [-0.05, 0) is 32.6 Å². The van der Waals surface area contributed by atoms with Gasteiger partial charge in [0.1, 0.15) is 11.6 Å². The number of carbonyl (C=O) groups excluding carboxylic acids is 1. The molecule has 0 aromatic rings. The second-order valence-electron chi connectivity index (χ2n) is 6.61. The third-order valence-corrected chi connectivity index (χ3v) is 4.37. The van der Waals surface area contributed by atoms with Crippen molar-refractivity contribution in [2.75, 3.05) is 0 Å². The van der Waals surface area contributed by atoms with Gasteiger partial charge >= 0.3 is 5.97 Å². The van der Waals surface area contributed by atoms with E-state index in [0.717, 1.165) is 38.5 Å². The van der Waals surface area contributed by atoms with Gasteiger partial charge < -0.3 is 15.2 Å². The van der Waals surface area contributed by atoms with Gasteiger partial charge in [-0.3, -0.25) is 4.79 Å². The maximum absolute atomic E-state index is 12.4. The Bertz CT molecular complexity index is 323. The smallest absolute Gasteiger partial charge is 0.326 e. The van der Waals surface area contributed by atoms with Crippen molar-refractivity contribution in [3.05, 3.63) is 0 Å². The number of esters is 1. The summed E-state index contributed by atoms with van der Waals surface area (Å²) >= 11 is 0. The molecule has 4 nitrogen and oxygen atoms in total. The largest absolute Gasteiger partial charge is 0.461 e. The van der Waals surface area contributed by atoms with Gasteiger partial charge in [0.25, 0.3) is 0 Å². The molecule has 1 saturated heterocycles. The average molecular weight is 269 g/mol. The highest BCUT2D eigenvalue weighted by atomic mass is 16.6. The normalized spacial score (nSPS) is 43.8. The number of rotatable bonds is 2. The summed E-state index contributed by atoms with van der Waals surface area (Å²) in [7, 11) is 0. The lowest BCUT2D eigenvalue weighted by molar-refractivity contribution is -0.167. The zero-order chi connectivity index (χ0) is 14.0. The predicted octanol–water partition coefficient (Wildman–Crippen LogP) is 2.39. The van der Waals surface area contributed by atoms with Gasteiger partial charge in [-0.1, -0.05) is 19.8 Å². The second kappa shape index (κ2) is 5.80. The van der Waals surface area contributed by atoms with Gasteiger partial charge in [-0.15, -0.1) is 0 Å². The highest BCUT2D eigenvalue weighted by molar-refractivity contribution is 5.80. The van der Waals surface area contributed by atoms with Crippen molar-refractivity contribution in [1.82, 2.24) is 0 Å². The Labute approximate surface area is 116 Å². The van der Waals surface area contributed by atoms with E-state index in [4.69, 9.17) is 15.2 Å². The molecule has 4 heteroatoms. The van der Waals surface area contributed by atoms with Crippen LogP contribution < -0.4 is 5.73 Å².